The van der Waals surface area contributed by atoms with Gasteiger partial charge in [0, 0.05) is 19.4 Å². The third kappa shape index (κ3) is 1.69. The number of ether oxygens (including phenoxy) is 1. The predicted molar refractivity (Wildman–Crippen MR) is 55.0 cm³/mol. The third-order valence-corrected chi connectivity index (χ3v) is 3.96. The zero-order valence-electron chi connectivity index (χ0n) is 8.72. The van der Waals surface area contributed by atoms with E-state index in [1.165, 1.54) is 19.4 Å². The van der Waals surface area contributed by atoms with Gasteiger partial charge in [0.1, 0.15) is 5.72 Å². The molecule has 3 aliphatic rings. The Labute approximate surface area is 85.6 Å². The Morgan fingerprint density at radius 3 is 2.43 bits per heavy atom. The lowest BCUT2D eigenvalue weighted by Crippen LogP contribution is -2.59. The van der Waals surface area contributed by atoms with Crippen LogP contribution in [-0.4, -0.2) is 32.0 Å². The molecular formula is C11H20N2O. The maximum Gasteiger partial charge on any atom is 0.121 e. The van der Waals surface area contributed by atoms with Crippen LogP contribution in [0.4, 0.5) is 0 Å². The second-order valence-corrected chi connectivity index (χ2v) is 5.03. The van der Waals surface area contributed by atoms with Crippen molar-refractivity contribution >= 4 is 0 Å². The van der Waals surface area contributed by atoms with Gasteiger partial charge in [0.25, 0.3) is 0 Å². The highest BCUT2D eigenvalue weighted by Gasteiger charge is 2.41. The third-order valence-electron chi connectivity index (χ3n) is 3.96. The van der Waals surface area contributed by atoms with Crippen molar-refractivity contribution in [2.45, 2.75) is 31.4 Å². The van der Waals surface area contributed by atoms with Crippen molar-refractivity contribution in [2.24, 2.45) is 11.8 Å². The second kappa shape index (κ2) is 3.47. The number of rotatable bonds is 1. The first-order chi connectivity index (χ1) is 6.88. The molecule has 0 aromatic rings. The highest BCUT2D eigenvalue weighted by Crippen LogP contribution is 2.39. The SMILES string of the molecule is C1CC2(CCN1)NCC(C1CC1)CO2. The molecule has 2 saturated heterocycles. The van der Waals surface area contributed by atoms with E-state index in [1.807, 2.05) is 0 Å². The fourth-order valence-corrected chi connectivity index (χ4v) is 2.72. The zero-order chi connectivity index (χ0) is 9.43. The van der Waals surface area contributed by atoms with Crippen molar-refractivity contribution in [1.29, 1.82) is 0 Å². The molecule has 3 nitrogen and oxygen atoms in total. The largest absolute Gasteiger partial charge is 0.360 e. The van der Waals surface area contributed by atoms with Gasteiger partial charge < -0.3 is 10.1 Å². The summed E-state index contributed by atoms with van der Waals surface area (Å²) in [7, 11) is 0. The normalized spacial score (nSPS) is 37.3. The van der Waals surface area contributed by atoms with Crippen molar-refractivity contribution in [2.75, 3.05) is 26.2 Å². The van der Waals surface area contributed by atoms with Crippen LogP contribution in [0.25, 0.3) is 0 Å². The number of hydrogen-bond acceptors (Lipinski definition) is 3. The van der Waals surface area contributed by atoms with E-state index in [2.05, 4.69) is 10.6 Å². The monoisotopic (exact) mass is 196 g/mol. The quantitative estimate of drug-likeness (QED) is 0.648. The Hall–Kier alpha value is -0.120. The molecule has 0 aromatic heterocycles. The molecule has 3 rings (SSSR count). The summed E-state index contributed by atoms with van der Waals surface area (Å²) in [6, 6.07) is 0. The van der Waals surface area contributed by atoms with E-state index < -0.39 is 0 Å². The highest BCUT2D eigenvalue weighted by atomic mass is 16.5. The average Bonchev–Trinajstić information content (AvgIpc) is 3.04. The fraction of sp³-hybridized carbons (Fsp3) is 1.00. The first kappa shape index (κ1) is 9.13. The number of nitrogens with one attached hydrogen (secondary N) is 2. The Balaban J connectivity index is 1.57. The van der Waals surface area contributed by atoms with E-state index in [0.29, 0.717) is 0 Å². The molecule has 2 N–H and O–H groups in total. The molecule has 14 heavy (non-hydrogen) atoms. The lowest BCUT2D eigenvalue weighted by Gasteiger charge is -2.44. The van der Waals surface area contributed by atoms with Gasteiger partial charge in [-0.1, -0.05) is 0 Å². The Morgan fingerprint density at radius 1 is 1.07 bits per heavy atom. The van der Waals surface area contributed by atoms with Crippen LogP contribution in [0.15, 0.2) is 0 Å². The molecule has 1 saturated carbocycles. The first-order valence-corrected chi connectivity index (χ1v) is 5.98. The van der Waals surface area contributed by atoms with E-state index in [0.717, 1.165) is 44.4 Å². The zero-order valence-corrected chi connectivity index (χ0v) is 8.72. The van der Waals surface area contributed by atoms with Gasteiger partial charge in [-0.25, -0.2) is 0 Å². The van der Waals surface area contributed by atoms with Gasteiger partial charge >= 0.3 is 0 Å². The van der Waals surface area contributed by atoms with E-state index in [9.17, 15) is 0 Å². The van der Waals surface area contributed by atoms with E-state index in [1.54, 1.807) is 0 Å². The minimum absolute atomic E-state index is 0.0383. The van der Waals surface area contributed by atoms with Crippen molar-refractivity contribution in [1.82, 2.24) is 10.6 Å². The van der Waals surface area contributed by atoms with Gasteiger partial charge in [-0.05, 0) is 37.8 Å². The predicted octanol–water partition coefficient (Wildman–Crippen LogP) is 0.712. The number of piperidine rings is 1. The van der Waals surface area contributed by atoms with Crippen molar-refractivity contribution in [3.8, 4) is 0 Å². The van der Waals surface area contributed by atoms with Gasteiger partial charge in [-0.15, -0.1) is 0 Å². The standard InChI is InChI=1S/C11H20N2O/c1-2-9(1)10-7-13-11(14-8-10)3-5-12-6-4-11/h9-10,12-13H,1-8H2. The molecule has 1 spiro atoms. The van der Waals surface area contributed by atoms with Gasteiger partial charge in [-0.2, -0.15) is 0 Å². The molecule has 0 bridgehead atoms. The Kier molecular flexibility index (Phi) is 2.26. The van der Waals surface area contributed by atoms with Crippen LogP contribution in [0.2, 0.25) is 0 Å². The molecule has 3 fully saturated rings. The molecule has 1 aliphatic carbocycles. The Morgan fingerprint density at radius 2 is 1.86 bits per heavy atom. The molecule has 80 valence electrons. The smallest absolute Gasteiger partial charge is 0.121 e. The van der Waals surface area contributed by atoms with Crippen LogP contribution in [-0.2, 0) is 4.74 Å². The van der Waals surface area contributed by atoms with Crippen LogP contribution in [0, 0.1) is 11.8 Å². The van der Waals surface area contributed by atoms with Crippen LogP contribution in [0.5, 0.6) is 0 Å². The van der Waals surface area contributed by atoms with E-state index in [4.69, 9.17) is 4.74 Å². The molecule has 1 atom stereocenters. The summed E-state index contributed by atoms with van der Waals surface area (Å²) >= 11 is 0. The van der Waals surface area contributed by atoms with Gasteiger partial charge in [0.05, 0.1) is 6.61 Å². The molecular weight excluding hydrogens is 176 g/mol. The van der Waals surface area contributed by atoms with Crippen LogP contribution < -0.4 is 10.6 Å². The van der Waals surface area contributed by atoms with Crippen LogP contribution in [0.3, 0.4) is 0 Å². The molecule has 1 unspecified atom stereocenters. The summed E-state index contributed by atoms with van der Waals surface area (Å²) in [5.74, 6) is 1.78. The van der Waals surface area contributed by atoms with E-state index in [-0.39, 0.29) is 5.72 Å². The molecule has 0 radical (unpaired) electrons. The molecule has 2 aliphatic heterocycles. The highest BCUT2D eigenvalue weighted by molar-refractivity contribution is 4.92. The molecule has 0 amide bonds. The summed E-state index contributed by atoms with van der Waals surface area (Å²) < 4.78 is 6.07. The molecule has 2 heterocycles. The van der Waals surface area contributed by atoms with Gasteiger partial charge in [-0.3, -0.25) is 5.32 Å². The van der Waals surface area contributed by atoms with Crippen molar-refractivity contribution in [3.63, 3.8) is 0 Å². The maximum absolute atomic E-state index is 6.07. The minimum atomic E-state index is 0.0383. The summed E-state index contributed by atoms with van der Waals surface area (Å²) in [6.45, 7) is 4.38. The van der Waals surface area contributed by atoms with Crippen LogP contribution in [0.1, 0.15) is 25.7 Å². The summed E-state index contributed by atoms with van der Waals surface area (Å²) in [4.78, 5) is 0. The molecule has 3 heteroatoms. The first-order valence-electron chi connectivity index (χ1n) is 5.98. The lowest BCUT2D eigenvalue weighted by atomic mass is 9.95. The fourth-order valence-electron chi connectivity index (χ4n) is 2.72. The van der Waals surface area contributed by atoms with Gasteiger partial charge in [0.2, 0.25) is 0 Å². The maximum atomic E-state index is 6.07. The topological polar surface area (TPSA) is 33.3 Å². The van der Waals surface area contributed by atoms with Gasteiger partial charge in [0.15, 0.2) is 0 Å². The van der Waals surface area contributed by atoms with Crippen molar-refractivity contribution in [3.05, 3.63) is 0 Å². The summed E-state index contributed by atoms with van der Waals surface area (Å²) in [5.41, 5.74) is 0.0383. The van der Waals surface area contributed by atoms with Crippen molar-refractivity contribution < 1.29 is 4.74 Å². The average molecular weight is 196 g/mol. The summed E-state index contributed by atoms with van der Waals surface area (Å²) in [6.07, 6.45) is 5.13. The molecule has 0 aromatic carbocycles. The van der Waals surface area contributed by atoms with E-state index >= 15 is 0 Å². The lowest BCUT2D eigenvalue weighted by molar-refractivity contribution is -0.133. The minimum Gasteiger partial charge on any atom is -0.360 e. The van der Waals surface area contributed by atoms with Crippen LogP contribution >= 0.6 is 0 Å². The second-order valence-electron chi connectivity index (χ2n) is 5.03. The summed E-state index contributed by atoms with van der Waals surface area (Å²) in [5, 5.41) is 7.03. The number of hydrogen-bond donors (Lipinski definition) is 2. The Bertz CT molecular complexity index is 199.